The van der Waals surface area contributed by atoms with Gasteiger partial charge in [0.15, 0.2) is 35.4 Å². The van der Waals surface area contributed by atoms with Crippen molar-refractivity contribution in [2.24, 2.45) is 5.11 Å². The minimum absolute atomic E-state index is 0.00183. The molecular formula is C27H44N4O11. The largest absolute Gasteiger partial charge is 0.461 e. The average Bonchev–Trinajstić information content (AvgIpc) is 3.54. The summed E-state index contributed by atoms with van der Waals surface area (Å²) in [4.78, 5) is 29.3. The summed E-state index contributed by atoms with van der Waals surface area (Å²) >= 11 is 0. The number of azide groups is 1. The summed E-state index contributed by atoms with van der Waals surface area (Å²) in [5, 5.41) is 6.52. The van der Waals surface area contributed by atoms with Crippen molar-refractivity contribution >= 4 is 11.9 Å². The highest BCUT2D eigenvalue weighted by molar-refractivity contribution is 5.82. The van der Waals surface area contributed by atoms with Crippen LogP contribution < -0.4 is 5.32 Å². The quantitative estimate of drug-likeness (QED) is 0.178. The van der Waals surface area contributed by atoms with E-state index in [0.717, 1.165) is 0 Å². The fourth-order valence-electron chi connectivity index (χ4n) is 5.74. The Morgan fingerprint density at radius 1 is 0.738 bits per heavy atom. The number of rotatable bonds is 9. The second-order valence-electron chi connectivity index (χ2n) is 13.0. The molecule has 1 amide bonds. The Morgan fingerprint density at radius 3 is 1.74 bits per heavy atom. The smallest absolute Gasteiger partial charge is 0.338 e. The standard InChI is InChI=1S/C27H44N4O11/c1-13(2)34-23(33)21-19(40-27(9,10)42-21)16-14(35-24(3,4)37-16)11-29-22(32)20-18(39-26(7,8)41-20)17-15(12-30-31-28)36-25(5,6)38-17/h13-21H,11-12H2,1-10H3,(H,29,32)/t14-,15-,16-,17-,18-,19-,20-,21-/m1/s1. The Balaban J connectivity index is 1.50. The Kier molecular flexibility index (Phi) is 9.22. The second-order valence-corrected chi connectivity index (χ2v) is 13.0. The van der Waals surface area contributed by atoms with Gasteiger partial charge >= 0.3 is 5.97 Å². The van der Waals surface area contributed by atoms with Gasteiger partial charge in [-0.3, -0.25) is 4.79 Å². The van der Waals surface area contributed by atoms with Crippen molar-refractivity contribution in [3.63, 3.8) is 0 Å². The molecule has 0 bridgehead atoms. The van der Waals surface area contributed by atoms with Crippen LogP contribution in [0.15, 0.2) is 5.11 Å². The van der Waals surface area contributed by atoms with Crippen LogP contribution in [-0.2, 0) is 52.2 Å². The lowest BCUT2D eigenvalue weighted by Crippen LogP contribution is -2.52. The van der Waals surface area contributed by atoms with Gasteiger partial charge in [-0.2, -0.15) is 0 Å². The van der Waals surface area contributed by atoms with Gasteiger partial charge in [0, 0.05) is 11.5 Å². The molecule has 4 heterocycles. The lowest BCUT2D eigenvalue weighted by Gasteiger charge is -2.27. The first kappa shape index (κ1) is 32.8. The number of esters is 1. The summed E-state index contributed by atoms with van der Waals surface area (Å²) in [6.45, 7) is 17.2. The fourth-order valence-corrected chi connectivity index (χ4v) is 5.74. The number of carbonyl (C=O) groups is 2. The molecule has 0 spiro atoms. The minimum atomic E-state index is -1.10. The minimum Gasteiger partial charge on any atom is -0.461 e. The number of ether oxygens (including phenoxy) is 9. The molecule has 0 aliphatic carbocycles. The number of nitrogens with zero attached hydrogens (tertiary/aromatic N) is 3. The Labute approximate surface area is 245 Å². The number of amides is 1. The summed E-state index contributed by atoms with van der Waals surface area (Å²) in [5.74, 6) is -5.26. The van der Waals surface area contributed by atoms with Gasteiger partial charge in [-0.05, 0) is 74.8 Å². The normalized spacial score (nSPS) is 37.9. The molecule has 0 radical (unpaired) electrons. The van der Waals surface area contributed by atoms with Crippen molar-refractivity contribution < 1.29 is 52.2 Å². The number of hydrogen-bond donors (Lipinski definition) is 1. The molecule has 0 aromatic rings. The van der Waals surface area contributed by atoms with E-state index in [9.17, 15) is 9.59 Å². The molecule has 0 aromatic carbocycles. The van der Waals surface area contributed by atoms with Crippen LogP contribution in [0.4, 0.5) is 0 Å². The zero-order valence-corrected chi connectivity index (χ0v) is 25.9. The van der Waals surface area contributed by atoms with Gasteiger partial charge in [-0.25, -0.2) is 4.79 Å². The van der Waals surface area contributed by atoms with Gasteiger partial charge < -0.3 is 47.9 Å². The van der Waals surface area contributed by atoms with Crippen molar-refractivity contribution in [2.45, 2.75) is 147 Å². The van der Waals surface area contributed by atoms with Gasteiger partial charge in [0.2, 0.25) is 0 Å². The number of nitrogens with one attached hydrogen (secondary N) is 1. The molecule has 15 nitrogen and oxygen atoms in total. The molecule has 238 valence electrons. The second kappa shape index (κ2) is 11.8. The summed E-state index contributed by atoms with van der Waals surface area (Å²) in [7, 11) is 0. The van der Waals surface area contributed by atoms with E-state index in [0.29, 0.717) is 0 Å². The molecule has 4 aliphatic heterocycles. The van der Waals surface area contributed by atoms with Crippen molar-refractivity contribution in [1.82, 2.24) is 5.32 Å². The molecule has 0 aromatic heterocycles. The van der Waals surface area contributed by atoms with Gasteiger partial charge in [-0.15, -0.1) is 0 Å². The third-order valence-corrected chi connectivity index (χ3v) is 6.99. The van der Waals surface area contributed by atoms with Crippen LogP contribution in [-0.4, -0.2) is 103 Å². The first-order chi connectivity index (χ1) is 19.3. The Morgan fingerprint density at radius 2 is 1.19 bits per heavy atom. The summed E-state index contributed by atoms with van der Waals surface area (Å²) in [6, 6.07) is 0. The fraction of sp³-hybridized carbons (Fsp3) is 0.926. The lowest BCUT2D eigenvalue weighted by atomic mass is 10.0. The predicted octanol–water partition coefficient (Wildman–Crippen LogP) is 2.44. The predicted molar refractivity (Wildman–Crippen MR) is 144 cm³/mol. The SMILES string of the molecule is CC(C)OC(=O)[C@@H]1OC(C)(C)O[C@@H]1[C@@H]1OC(C)(C)O[C@@H]1CNC(=O)[C@@H]1OC(C)(C)O[C@@H]1[C@@H]1OC(C)(C)O[C@@H]1CN=[N+]=[N-]. The third kappa shape index (κ3) is 7.52. The zero-order valence-electron chi connectivity index (χ0n) is 25.9. The van der Waals surface area contributed by atoms with E-state index in [4.69, 9.17) is 48.2 Å². The first-order valence-electron chi connectivity index (χ1n) is 14.2. The maximum absolute atomic E-state index is 13.6. The molecule has 4 fully saturated rings. The highest BCUT2D eigenvalue weighted by atomic mass is 16.8. The lowest BCUT2D eigenvalue weighted by molar-refractivity contribution is -0.177. The Bertz CT molecular complexity index is 1070. The summed E-state index contributed by atoms with van der Waals surface area (Å²) < 4.78 is 53.8. The van der Waals surface area contributed by atoms with E-state index in [-0.39, 0.29) is 19.2 Å². The topological polar surface area (TPSA) is 178 Å². The summed E-state index contributed by atoms with van der Waals surface area (Å²) in [5.41, 5.74) is 8.83. The molecule has 4 saturated heterocycles. The highest BCUT2D eigenvalue weighted by Crippen LogP contribution is 2.40. The Hall–Kier alpha value is -2.07. The van der Waals surface area contributed by atoms with Crippen LogP contribution in [0, 0.1) is 0 Å². The van der Waals surface area contributed by atoms with E-state index >= 15 is 0 Å². The number of carbonyl (C=O) groups excluding carboxylic acids is 2. The maximum Gasteiger partial charge on any atom is 0.338 e. The van der Waals surface area contributed by atoms with Crippen molar-refractivity contribution in [2.75, 3.05) is 13.1 Å². The van der Waals surface area contributed by atoms with Crippen LogP contribution in [0.25, 0.3) is 10.4 Å². The molecule has 8 atom stereocenters. The summed E-state index contributed by atoms with van der Waals surface area (Å²) in [6.07, 6.45) is -7.11. The van der Waals surface area contributed by atoms with Crippen molar-refractivity contribution in [1.29, 1.82) is 0 Å². The van der Waals surface area contributed by atoms with Gasteiger partial charge in [0.05, 0.1) is 18.8 Å². The molecule has 15 heteroatoms. The zero-order chi connectivity index (χ0) is 31.3. The van der Waals surface area contributed by atoms with Crippen LogP contribution in [0.1, 0.15) is 69.2 Å². The highest BCUT2D eigenvalue weighted by Gasteiger charge is 2.58. The van der Waals surface area contributed by atoms with E-state index in [1.807, 2.05) is 0 Å². The molecule has 4 rings (SSSR count). The van der Waals surface area contributed by atoms with Gasteiger partial charge in [-0.1, -0.05) is 5.11 Å². The molecule has 0 saturated carbocycles. The van der Waals surface area contributed by atoms with E-state index in [2.05, 4.69) is 15.3 Å². The molecule has 4 aliphatic rings. The molecular weight excluding hydrogens is 556 g/mol. The third-order valence-electron chi connectivity index (χ3n) is 6.99. The van der Waals surface area contributed by atoms with E-state index in [1.54, 1.807) is 69.2 Å². The van der Waals surface area contributed by atoms with E-state index < -0.39 is 83.9 Å². The maximum atomic E-state index is 13.6. The average molecular weight is 601 g/mol. The molecule has 1 N–H and O–H groups in total. The van der Waals surface area contributed by atoms with Crippen LogP contribution in [0.3, 0.4) is 0 Å². The monoisotopic (exact) mass is 600 g/mol. The van der Waals surface area contributed by atoms with Crippen molar-refractivity contribution in [3.8, 4) is 0 Å². The van der Waals surface area contributed by atoms with E-state index in [1.165, 1.54) is 0 Å². The molecule has 42 heavy (non-hydrogen) atoms. The van der Waals surface area contributed by atoms with Crippen LogP contribution in [0.2, 0.25) is 0 Å². The van der Waals surface area contributed by atoms with Crippen LogP contribution >= 0.6 is 0 Å². The number of hydrogen-bond acceptors (Lipinski definition) is 12. The van der Waals surface area contributed by atoms with Gasteiger partial charge in [0.25, 0.3) is 5.91 Å². The van der Waals surface area contributed by atoms with Gasteiger partial charge in [0.1, 0.15) is 30.5 Å². The van der Waals surface area contributed by atoms with Crippen LogP contribution in [0.5, 0.6) is 0 Å². The first-order valence-corrected chi connectivity index (χ1v) is 14.2. The van der Waals surface area contributed by atoms with Crippen molar-refractivity contribution in [3.05, 3.63) is 10.4 Å². The molecule has 0 unspecified atom stereocenters.